The van der Waals surface area contributed by atoms with Gasteiger partial charge >= 0.3 is 6.09 Å². The second kappa shape index (κ2) is 9.12. The lowest BCUT2D eigenvalue weighted by atomic mass is 10.1. The van der Waals surface area contributed by atoms with E-state index in [1.165, 1.54) is 7.11 Å². The third-order valence-electron chi connectivity index (χ3n) is 3.43. The molecule has 25 heavy (non-hydrogen) atoms. The minimum absolute atomic E-state index is 0.127. The lowest BCUT2D eigenvalue weighted by Gasteiger charge is -2.08. The molecule has 0 aliphatic rings. The summed E-state index contributed by atoms with van der Waals surface area (Å²) in [5.41, 5.74) is 1.55. The Kier molecular flexibility index (Phi) is 6.59. The van der Waals surface area contributed by atoms with Crippen LogP contribution in [0.5, 0.6) is 11.5 Å². The smallest absolute Gasteiger partial charge is 0.407 e. The Morgan fingerprint density at radius 1 is 1.20 bits per heavy atom. The topological polar surface area (TPSA) is 84.9 Å². The zero-order valence-electron chi connectivity index (χ0n) is 13.8. The molecule has 2 aromatic carbocycles. The van der Waals surface area contributed by atoms with Crippen molar-refractivity contribution >= 4 is 18.5 Å². The van der Waals surface area contributed by atoms with Crippen molar-refractivity contribution in [3.8, 4) is 11.5 Å². The number of methoxy groups -OCH3 is 1. The number of alkyl carbamates (subject to hydrolysis) is 1. The number of benzene rings is 2. The fraction of sp³-hybridized carbons (Fsp3) is 0.158. The summed E-state index contributed by atoms with van der Waals surface area (Å²) in [5.74, 6) is 0.0109. The number of rotatable bonds is 7. The summed E-state index contributed by atoms with van der Waals surface area (Å²) in [4.78, 5) is 22.7. The van der Waals surface area contributed by atoms with E-state index in [1.54, 1.807) is 24.3 Å². The first kappa shape index (κ1) is 18.1. The lowest BCUT2D eigenvalue weighted by molar-refractivity contribution is 0.112. The summed E-state index contributed by atoms with van der Waals surface area (Å²) < 4.78 is 10.0. The molecule has 0 unspecified atom stereocenters. The average Bonchev–Trinajstić information content (AvgIpc) is 2.64. The van der Waals surface area contributed by atoms with Gasteiger partial charge in [0.2, 0.25) is 0 Å². The molecule has 6 nitrogen and oxygen atoms in total. The first-order valence-electron chi connectivity index (χ1n) is 7.62. The van der Waals surface area contributed by atoms with Crippen molar-refractivity contribution in [2.24, 2.45) is 0 Å². The third-order valence-corrected chi connectivity index (χ3v) is 3.43. The van der Waals surface area contributed by atoms with Gasteiger partial charge in [0.25, 0.3) is 0 Å². The molecule has 0 radical (unpaired) electrons. The molecular formula is C19H19NO5. The van der Waals surface area contributed by atoms with E-state index in [0.29, 0.717) is 11.8 Å². The van der Waals surface area contributed by atoms with Gasteiger partial charge in [-0.1, -0.05) is 48.6 Å². The zero-order valence-corrected chi connectivity index (χ0v) is 13.8. The van der Waals surface area contributed by atoms with Gasteiger partial charge in [-0.2, -0.15) is 0 Å². The van der Waals surface area contributed by atoms with Gasteiger partial charge in [0.05, 0.1) is 12.7 Å². The lowest BCUT2D eigenvalue weighted by Crippen LogP contribution is -2.24. The molecule has 2 N–H and O–H groups in total. The molecule has 0 aromatic heterocycles. The van der Waals surface area contributed by atoms with Crippen molar-refractivity contribution in [3.63, 3.8) is 0 Å². The largest absolute Gasteiger partial charge is 0.504 e. The van der Waals surface area contributed by atoms with Crippen molar-refractivity contribution in [1.82, 2.24) is 5.32 Å². The number of aromatic hydroxyl groups is 1. The Labute approximate surface area is 145 Å². The minimum atomic E-state index is -0.540. The highest BCUT2D eigenvalue weighted by molar-refractivity contribution is 5.87. The maximum absolute atomic E-state index is 11.6. The molecule has 1 amide bonds. The normalized spacial score (nSPS) is 10.4. The van der Waals surface area contributed by atoms with E-state index in [9.17, 15) is 14.7 Å². The molecule has 0 heterocycles. The number of nitrogens with one attached hydrogen (secondary N) is 1. The maximum Gasteiger partial charge on any atom is 0.407 e. The number of aldehydes is 1. The van der Waals surface area contributed by atoms with Crippen molar-refractivity contribution in [3.05, 3.63) is 65.2 Å². The predicted octanol–water partition coefficient (Wildman–Crippen LogP) is 3.15. The van der Waals surface area contributed by atoms with Crippen LogP contribution in [-0.4, -0.2) is 31.1 Å². The molecule has 6 heteroatoms. The van der Waals surface area contributed by atoms with Gasteiger partial charge in [0.1, 0.15) is 6.61 Å². The van der Waals surface area contributed by atoms with Gasteiger partial charge in [0, 0.05) is 6.54 Å². The zero-order chi connectivity index (χ0) is 18.1. The fourth-order valence-electron chi connectivity index (χ4n) is 2.14. The molecule has 0 bridgehead atoms. The van der Waals surface area contributed by atoms with Crippen LogP contribution in [0.4, 0.5) is 4.79 Å². The van der Waals surface area contributed by atoms with Gasteiger partial charge in [-0.25, -0.2) is 4.79 Å². The first-order valence-corrected chi connectivity index (χ1v) is 7.62. The van der Waals surface area contributed by atoms with E-state index in [-0.39, 0.29) is 30.2 Å². The molecule has 130 valence electrons. The monoisotopic (exact) mass is 341 g/mol. The van der Waals surface area contributed by atoms with E-state index < -0.39 is 6.09 Å². The van der Waals surface area contributed by atoms with Gasteiger partial charge in [-0.15, -0.1) is 0 Å². The predicted molar refractivity (Wildman–Crippen MR) is 93.7 cm³/mol. The van der Waals surface area contributed by atoms with Crippen LogP contribution in [-0.2, 0) is 11.3 Å². The average molecular weight is 341 g/mol. The quantitative estimate of drug-likeness (QED) is 0.756. The van der Waals surface area contributed by atoms with Crippen LogP contribution in [0, 0.1) is 0 Å². The van der Waals surface area contributed by atoms with Crippen LogP contribution in [0.1, 0.15) is 21.5 Å². The molecule has 2 aromatic rings. The summed E-state index contributed by atoms with van der Waals surface area (Å²) in [5, 5.41) is 12.5. The molecule has 0 fully saturated rings. The summed E-state index contributed by atoms with van der Waals surface area (Å²) in [6.45, 7) is 0.413. The van der Waals surface area contributed by atoms with Crippen molar-refractivity contribution in [2.75, 3.05) is 13.7 Å². The Balaban J connectivity index is 1.86. The molecule has 0 aliphatic carbocycles. The van der Waals surface area contributed by atoms with E-state index in [0.717, 1.165) is 5.56 Å². The summed E-state index contributed by atoms with van der Waals surface area (Å²) in [7, 11) is 1.41. The fourth-order valence-corrected chi connectivity index (χ4v) is 2.14. The summed E-state index contributed by atoms with van der Waals surface area (Å²) in [6, 6.07) is 12.6. The summed E-state index contributed by atoms with van der Waals surface area (Å²) in [6.07, 6.45) is 3.29. The molecule has 2 rings (SSSR count). The number of hydrogen-bond donors (Lipinski definition) is 2. The number of carbonyl (C=O) groups is 2. The molecular weight excluding hydrogens is 322 g/mol. The van der Waals surface area contributed by atoms with E-state index in [1.807, 2.05) is 30.3 Å². The standard InChI is InChI=1S/C19H19NO5/c1-24-17-10-9-15(16(12-21)18(17)22)8-5-11-20-19(23)25-13-14-6-3-2-4-7-14/h2-10,12,22H,11,13H2,1H3,(H,20,23). The number of carbonyl (C=O) groups excluding carboxylic acids is 2. The number of amides is 1. The SMILES string of the molecule is COc1ccc(C=CCNC(=O)OCc2ccccc2)c(C=O)c1O. The van der Waals surface area contributed by atoms with Gasteiger partial charge in [-0.3, -0.25) is 4.79 Å². The molecule has 0 atom stereocenters. The molecule has 0 spiro atoms. The number of hydrogen-bond acceptors (Lipinski definition) is 5. The van der Waals surface area contributed by atoms with Crippen molar-refractivity contribution in [2.45, 2.75) is 6.61 Å². The van der Waals surface area contributed by atoms with Crippen LogP contribution in [0.25, 0.3) is 6.08 Å². The number of phenolic OH excluding ortho intramolecular Hbond substituents is 1. The number of ether oxygens (including phenoxy) is 2. The Morgan fingerprint density at radius 2 is 1.96 bits per heavy atom. The molecule has 0 aliphatic heterocycles. The van der Waals surface area contributed by atoms with Crippen LogP contribution < -0.4 is 10.1 Å². The number of phenols is 1. The van der Waals surface area contributed by atoms with Crippen LogP contribution in [0.15, 0.2) is 48.5 Å². The van der Waals surface area contributed by atoms with Gasteiger partial charge in [-0.05, 0) is 17.2 Å². The third kappa shape index (κ3) is 5.10. The minimum Gasteiger partial charge on any atom is -0.504 e. The maximum atomic E-state index is 11.6. The highest BCUT2D eigenvalue weighted by Crippen LogP contribution is 2.31. The van der Waals surface area contributed by atoms with Crippen molar-refractivity contribution in [1.29, 1.82) is 0 Å². The van der Waals surface area contributed by atoms with Gasteiger partial charge < -0.3 is 19.9 Å². The second-order valence-electron chi connectivity index (χ2n) is 5.08. The molecule has 0 saturated carbocycles. The highest BCUT2D eigenvalue weighted by atomic mass is 16.5. The van der Waals surface area contributed by atoms with E-state index in [4.69, 9.17) is 9.47 Å². The van der Waals surface area contributed by atoms with E-state index >= 15 is 0 Å². The summed E-state index contributed by atoms with van der Waals surface area (Å²) >= 11 is 0. The Morgan fingerprint density at radius 3 is 2.64 bits per heavy atom. The second-order valence-corrected chi connectivity index (χ2v) is 5.08. The van der Waals surface area contributed by atoms with Crippen molar-refractivity contribution < 1.29 is 24.2 Å². The van der Waals surface area contributed by atoms with Crippen LogP contribution >= 0.6 is 0 Å². The Bertz CT molecular complexity index is 756. The van der Waals surface area contributed by atoms with Crippen LogP contribution in [0.3, 0.4) is 0 Å². The highest BCUT2D eigenvalue weighted by Gasteiger charge is 2.10. The first-order chi connectivity index (χ1) is 12.2. The van der Waals surface area contributed by atoms with Gasteiger partial charge in [0.15, 0.2) is 17.8 Å². The van der Waals surface area contributed by atoms with Crippen LogP contribution in [0.2, 0.25) is 0 Å². The van der Waals surface area contributed by atoms with E-state index in [2.05, 4.69) is 5.32 Å². The molecule has 0 saturated heterocycles. The Hall–Kier alpha value is -3.28.